The van der Waals surface area contributed by atoms with Crippen LogP contribution in [0.25, 0.3) is 0 Å². The fourth-order valence-electron chi connectivity index (χ4n) is 3.78. The van der Waals surface area contributed by atoms with Gasteiger partial charge < -0.3 is 10.1 Å². The highest BCUT2D eigenvalue weighted by Gasteiger charge is 2.32. The minimum atomic E-state index is -3.57. The molecule has 174 valence electrons. The molecule has 0 radical (unpaired) electrons. The summed E-state index contributed by atoms with van der Waals surface area (Å²) in [6.07, 6.45) is 4.40. The van der Waals surface area contributed by atoms with Crippen LogP contribution in [0.3, 0.4) is 0 Å². The molecule has 3 rings (SSSR count). The van der Waals surface area contributed by atoms with E-state index in [0.29, 0.717) is 24.6 Å². The Morgan fingerprint density at radius 3 is 2.38 bits per heavy atom. The first-order chi connectivity index (χ1) is 15.3. The SMILES string of the molecule is CCCOc1c(Cl)cc(C(=O)Nc2ccc(S(=O)(=O)N3CCCCC3CC)cc2)cc1Cl. The number of amides is 1. The number of ether oxygens (including phenoxy) is 1. The minimum absolute atomic E-state index is 0.0342. The van der Waals surface area contributed by atoms with E-state index in [1.54, 1.807) is 16.4 Å². The Kier molecular flexibility index (Phi) is 8.44. The van der Waals surface area contributed by atoms with E-state index >= 15 is 0 Å². The summed E-state index contributed by atoms with van der Waals surface area (Å²) in [5.41, 5.74) is 0.748. The number of anilines is 1. The molecular formula is C23H28Cl2N2O4S. The van der Waals surface area contributed by atoms with Crippen LogP contribution in [0.5, 0.6) is 5.75 Å². The third-order valence-corrected chi connectivity index (χ3v) is 8.00. The highest BCUT2D eigenvalue weighted by atomic mass is 35.5. The molecule has 1 aliphatic heterocycles. The number of hydrogen-bond acceptors (Lipinski definition) is 4. The molecule has 0 aliphatic carbocycles. The second kappa shape index (κ2) is 10.9. The van der Waals surface area contributed by atoms with E-state index in [2.05, 4.69) is 5.32 Å². The zero-order valence-corrected chi connectivity index (χ0v) is 20.6. The smallest absolute Gasteiger partial charge is 0.255 e. The number of halogens is 2. The van der Waals surface area contributed by atoms with E-state index in [1.807, 2.05) is 13.8 Å². The van der Waals surface area contributed by atoms with E-state index in [0.717, 1.165) is 32.1 Å². The van der Waals surface area contributed by atoms with E-state index in [1.165, 1.54) is 24.3 Å². The number of sulfonamides is 1. The second-order valence-corrected chi connectivity index (χ2v) is 10.5. The van der Waals surface area contributed by atoms with Gasteiger partial charge in [-0.25, -0.2) is 8.42 Å². The number of benzene rings is 2. The van der Waals surface area contributed by atoms with Crippen LogP contribution in [-0.4, -0.2) is 37.8 Å². The molecule has 1 atom stereocenters. The third-order valence-electron chi connectivity index (χ3n) is 5.47. The Morgan fingerprint density at radius 2 is 1.78 bits per heavy atom. The lowest BCUT2D eigenvalue weighted by atomic mass is 10.0. The van der Waals surface area contributed by atoms with E-state index in [9.17, 15) is 13.2 Å². The van der Waals surface area contributed by atoms with E-state index in [-0.39, 0.29) is 26.5 Å². The molecule has 0 saturated carbocycles. The highest BCUT2D eigenvalue weighted by Crippen LogP contribution is 2.34. The van der Waals surface area contributed by atoms with Gasteiger partial charge in [-0.3, -0.25) is 4.79 Å². The maximum atomic E-state index is 13.1. The summed E-state index contributed by atoms with van der Waals surface area (Å²) in [4.78, 5) is 12.9. The normalized spacial score (nSPS) is 17.2. The van der Waals surface area contributed by atoms with Crippen molar-refractivity contribution in [1.82, 2.24) is 4.31 Å². The molecule has 1 saturated heterocycles. The standard InChI is InChI=1S/C23H28Cl2N2O4S/c1-3-13-31-22-20(24)14-16(15-21(22)25)23(28)26-17-8-10-19(11-9-17)32(29,30)27-12-6-5-7-18(27)4-2/h8-11,14-15,18H,3-7,12-13H2,1-2H3,(H,26,28). The lowest BCUT2D eigenvalue weighted by molar-refractivity contribution is 0.102. The van der Waals surface area contributed by atoms with Gasteiger partial charge in [0.05, 0.1) is 21.5 Å². The van der Waals surface area contributed by atoms with Crippen molar-refractivity contribution < 1.29 is 17.9 Å². The Morgan fingerprint density at radius 1 is 1.12 bits per heavy atom. The average molecular weight is 499 g/mol. The van der Waals surface area contributed by atoms with Gasteiger partial charge in [0.15, 0.2) is 5.75 Å². The molecular weight excluding hydrogens is 471 g/mol. The zero-order valence-electron chi connectivity index (χ0n) is 18.2. The molecule has 1 amide bonds. The van der Waals surface area contributed by atoms with Crippen molar-refractivity contribution in [2.75, 3.05) is 18.5 Å². The Labute approximate surface area is 199 Å². The van der Waals surface area contributed by atoms with Crippen LogP contribution in [0.15, 0.2) is 41.3 Å². The Hall–Kier alpha value is -1.80. The number of piperidine rings is 1. The van der Waals surface area contributed by atoms with Crippen molar-refractivity contribution in [3.05, 3.63) is 52.0 Å². The van der Waals surface area contributed by atoms with Gasteiger partial charge in [-0.1, -0.05) is 43.5 Å². The molecule has 0 spiro atoms. The molecule has 1 fully saturated rings. The largest absolute Gasteiger partial charge is 0.490 e. The number of carbonyl (C=O) groups is 1. The molecule has 2 aromatic carbocycles. The van der Waals surface area contributed by atoms with Crippen LogP contribution in [0.1, 0.15) is 56.3 Å². The summed E-state index contributed by atoms with van der Waals surface area (Å²) in [5, 5.41) is 3.26. The Balaban J connectivity index is 1.74. The van der Waals surface area contributed by atoms with Crippen molar-refractivity contribution >= 4 is 44.8 Å². The average Bonchev–Trinajstić information content (AvgIpc) is 2.78. The quantitative estimate of drug-likeness (QED) is 0.484. The minimum Gasteiger partial charge on any atom is -0.490 e. The van der Waals surface area contributed by atoms with Crippen molar-refractivity contribution in [3.63, 3.8) is 0 Å². The molecule has 9 heteroatoms. The number of rotatable bonds is 8. The Bertz CT molecular complexity index is 1040. The van der Waals surface area contributed by atoms with Crippen LogP contribution in [-0.2, 0) is 10.0 Å². The van der Waals surface area contributed by atoms with Gasteiger partial charge in [0.1, 0.15) is 0 Å². The summed E-state index contributed by atoms with van der Waals surface area (Å²) in [7, 11) is -3.57. The van der Waals surface area contributed by atoms with Gasteiger partial charge in [0.2, 0.25) is 10.0 Å². The van der Waals surface area contributed by atoms with Crippen molar-refractivity contribution in [1.29, 1.82) is 0 Å². The third kappa shape index (κ3) is 5.57. The summed E-state index contributed by atoms with van der Waals surface area (Å²) in [5.74, 6) is -0.0575. The molecule has 0 aromatic heterocycles. The second-order valence-electron chi connectivity index (χ2n) is 7.77. The number of nitrogens with one attached hydrogen (secondary N) is 1. The molecule has 2 aromatic rings. The van der Waals surface area contributed by atoms with Crippen LogP contribution in [0.2, 0.25) is 10.0 Å². The maximum absolute atomic E-state index is 13.1. The molecule has 32 heavy (non-hydrogen) atoms. The van der Waals surface area contributed by atoms with Crippen molar-refractivity contribution in [2.45, 2.75) is 56.9 Å². The fraction of sp³-hybridized carbons (Fsp3) is 0.435. The fourth-order valence-corrected chi connectivity index (χ4v) is 6.14. The summed E-state index contributed by atoms with van der Waals surface area (Å²) in [6, 6.07) is 9.23. The molecule has 1 aliphatic rings. The van der Waals surface area contributed by atoms with Gasteiger partial charge in [0, 0.05) is 23.8 Å². The molecule has 1 unspecified atom stereocenters. The highest BCUT2D eigenvalue weighted by molar-refractivity contribution is 7.89. The van der Waals surface area contributed by atoms with Gasteiger partial charge in [-0.2, -0.15) is 4.31 Å². The molecule has 0 bridgehead atoms. The number of hydrogen-bond donors (Lipinski definition) is 1. The zero-order chi connectivity index (χ0) is 23.3. The van der Waals surface area contributed by atoms with Gasteiger partial charge >= 0.3 is 0 Å². The van der Waals surface area contributed by atoms with Crippen LogP contribution in [0.4, 0.5) is 5.69 Å². The van der Waals surface area contributed by atoms with Gasteiger partial charge in [0.25, 0.3) is 5.91 Å². The maximum Gasteiger partial charge on any atom is 0.255 e. The lowest BCUT2D eigenvalue weighted by Crippen LogP contribution is -2.43. The van der Waals surface area contributed by atoms with Gasteiger partial charge in [-0.15, -0.1) is 0 Å². The van der Waals surface area contributed by atoms with Crippen molar-refractivity contribution in [3.8, 4) is 5.75 Å². The first kappa shape index (κ1) is 24.8. The topological polar surface area (TPSA) is 75.7 Å². The van der Waals surface area contributed by atoms with Crippen LogP contribution in [0, 0.1) is 0 Å². The summed E-state index contributed by atoms with van der Waals surface area (Å²) >= 11 is 12.5. The number of nitrogens with zero attached hydrogens (tertiary/aromatic N) is 1. The monoisotopic (exact) mass is 498 g/mol. The van der Waals surface area contributed by atoms with Crippen LogP contribution >= 0.6 is 23.2 Å². The van der Waals surface area contributed by atoms with Gasteiger partial charge in [-0.05, 0) is 62.1 Å². The number of carbonyl (C=O) groups excluding carboxylic acids is 1. The summed E-state index contributed by atoms with van der Waals surface area (Å²) < 4.78 is 33.3. The summed E-state index contributed by atoms with van der Waals surface area (Å²) in [6.45, 7) is 4.99. The van der Waals surface area contributed by atoms with Crippen molar-refractivity contribution in [2.24, 2.45) is 0 Å². The van der Waals surface area contributed by atoms with Crippen LogP contribution < -0.4 is 10.1 Å². The first-order valence-corrected chi connectivity index (χ1v) is 13.0. The predicted octanol–water partition coefficient (Wildman–Crippen LogP) is 5.99. The molecule has 6 nitrogen and oxygen atoms in total. The van der Waals surface area contributed by atoms with E-state index in [4.69, 9.17) is 27.9 Å². The molecule has 1 N–H and O–H groups in total. The molecule has 1 heterocycles. The lowest BCUT2D eigenvalue weighted by Gasteiger charge is -2.34. The predicted molar refractivity (Wildman–Crippen MR) is 128 cm³/mol. The van der Waals surface area contributed by atoms with E-state index < -0.39 is 15.9 Å². The first-order valence-electron chi connectivity index (χ1n) is 10.8.